The van der Waals surface area contributed by atoms with Gasteiger partial charge in [0.1, 0.15) is 12.4 Å². The Labute approximate surface area is 211 Å². The number of carbonyl (C=O) groups excluding carboxylic acids is 1. The van der Waals surface area contributed by atoms with Gasteiger partial charge in [0, 0.05) is 26.7 Å². The molecule has 1 amide bonds. The Morgan fingerprint density at radius 3 is 2.42 bits per heavy atom. The third-order valence-corrected chi connectivity index (χ3v) is 8.89. The largest absolute Gasteiger partial charge is 0.497 e. The second kappa shape index (κ2) is 12.6. The zero-order valence-electron chi connectivity index (χ0n) is 20.9. The Hall–Kier alpha value is -1.89. The van der Waals surface area contributed by atoms with Crippen LogP contribution in [-0.2, 0) is 25.7 Å². The number of piperidine rings is 1. The average Bonchev–Trinajstić information content (AvgIpc) is 3.38. The standard InChI is InChI=1S/C24H36F3N3O5S/c1-28(36(32,33)22-6-5-20(34-2)17-21(22)24(25,26)27)15-16-35-18-23(31)30-13-8-19(9-14-30)7-12-29-10-3-4-11-29/h5-6,17,19H,3-4,7-16,18H2,1-2H3. The van der Waals surface area contributed by atoms with Gasteiger partial charge in [-0.1, -0.05) is 0 Å². The lowest BCUT2D eigenvalue weighted by atomic mass is 9.93. The molecular formula is C24H36F3N3O5S. The van der Waals surface area contributed by atoms with Crippen LogP contribution in [0.25, 0.3) is 0 Å². The van der Waals surface area contributed by atoms with Crippen molar-refractivity contribution in [2.45, 2.75) is 43.2 Å². The Balaban J connectivity index is 1.42. The van der Waals surface area contributed by atoms with E-state index in [1.165, 1.54) is 46.2 Å². The SMILES string of the molecule is COc1ccc(S(=O)(=O)N(C)CCOCC(=O)N2CCC(CCN3CCCC3)CC2)c(C(F)(F)F)c1. The van der Waals surface area contributed by atoms with Crippen LogP contribution in [0.2, 0.25) is 0 Å². The monoisotopic (exact) mass is 535 g/mol. The van der Waals surface area contributed by atoms with Crippen LogP contribution in [0.5, 0.6) is 5.75 Å². The van der Waals surface area contributed by atoms with Crippen LogP contribution < -0.4 is 4.74 Å². The molecule has 2 aliphatic heterocycles. The first-order chi connectivity index (χ1) is 17.0. The lowest BCUT2D eigenvalue weighted by Gasteiger charge is -2.32. The van der Waals surface area contributed by atoms with Crippen LogP contribution in [0.3, 0.4) is 0 Å². The van der Waals surface area contributed by atoms with Crippen LogP contribution in [0, 0.1) is 5.92 Å². The first-order valence-electron chi connectivity index (χ1n) is 12.3. The van der Waals surface area contributed by atoms with Gasteiger partial charge in [0.05, 0.1) is 24.2 Å². The molecule has 2 aliphatic rings. The lowest BCUT2D eigenvalue weighted by molar-refractivity contribution is -0.140. The molecule has 36 heavy (non-hydrogen) atoms. The van der Waals surface area contributed by atoms with Gasteiger partial charge in [-0.3, -0.25) is 4.79 Å². The minimum atomic E-state index is -4.87. The van der Waals surface area contributed by atoms with Crippen molar-refractivity contribution in [3.63, 3.8) is 0 Å². The van der Waals surface area contributed by atoms with E-state index in [0.29, 0.717) is 25.1 Å². The number of nitrogens with zero attached hydrogens (tertiary/aromatic N) is 3. The van der Waals surface area contributed by atoms with E-state index >= 15 is 0 Å². The number of alkyl halides is 3. The molecule has 0 aliphatic carbocycles. The minimum absolute atomic E-state index is 0.0959. The molecule has 2 fully saturated rings. The van der Waals surface area contributed by atoms with Crippen molar-refractivity contribution >= 4 is 15.9 Å². The van der Waals surface area contributed by atoms with Crippen molar-refractivity contribution in [3.8, 4) is 5.75 Å². The van der Waals surface area contributed by atoms with E-state index in [1.54, 1.807) is 4.90 Å². The molecule has 0 N–H and O–H groups in total. The Bertz CT molecular complexity index is 976. The molecule has 2 saturated heterocycles. The molecule has 0 saturated carbocycles. The van der Waals surface area contributed by atoms with Crippen molar-refractivity contribution in [1.29, 1.82) is 0 Å². The summed E-state index contributed by atoms with van der Waals surface area (Å²) in [5, 5.41) is 0. The summed E-state index contributed by atoms with van der Waals surface area (Å²) in [5.41, 5.74) is -1.30. The Morgan fingerprint density at radius 1 is 1.14 bits per heavy atom. The highest BCUT2D eigenvalue weighted by Crippen LogP contribution is 2.37. The fraction of sp³-hybridized carbons (Fsp3) is 0.708. The fourth-order valence-electron chi connectivity index (χ4n) is 4.66. The number of benzene rings is 1. The number of hydrogen-bond donors (Lipinski definition) is 0. The number of rotatable bonds is 11. The summed E-state index contributed by atoms with van der Waals surface area (Å²) >= 11 is 0. The number of likely N-dealkylation sites (N-methyl/N-ethyl adjacent to an activating group) is 1. The summed E-state index contributed by atoms with van der Waals surface area (Å²) in [4.78, 5) is 15.9. The van der Waals surface area contributed by atoms with Gasteiger partial charge in [-0.05, 0) is 75.9 Å². The molecular weight excluding hydrogens is 499 g/mol. The molecule has 0 unspecified atom stereocenters. The van der Waals surface area contributed by atoms with E-state index in [0.717, 1.165) is 36.2 Å². The number of amides is 1. The molecule has 0 radical (unpaired) electrons. The molecule has 12 heteroatoms. The quantitative estimate of drug-likeness (QED) is 0.406. The summed E-state index contributed by atoms with van der Waals surface area (Å²) in [7, 11) is -2.06. The van der Waals surface area contributed by atoms with E-state index in [2.05, 4.69) is 4.90 Å². The number of halogens is 3. The van der Waals surface area contributed by atoms with Gasteiger partial charge in [0.2, 0.25) is 15.9 Å². The maximum atomic E-state index is 13.5. The van der Waals surface area contributed by atoms with E-state index in [4.69, 9.17) is 9.47 Å². The lowest BCUT2D eigenvalue weighted by Crippen LogP contribution is -2.41. The predicted molar refractivity (Wildman–Crippen MR) is 128 cm³/mol. The van der Waals surface area contributed by atoms with E-state index in [1.807, 2.05) is 0 Å². The normalized spacial score (nSPS) is 18.2. The molecule has 0 aromatic heterocycles. The summed E-state index contributed by atoms with van der Waals surface area (Å²) in [6.45, 7) is 4.35. The zero-order valence-corrected chi connectivity index (χ0v) is 21.7. The molecule has 0 atom stereocenters. The van der Waals surface area contributed by atoms with Gasteiger partial charge < -0.3 is 19.3 Å². The number of ether oxygens (including phenoxy) is 2. The van der Waals surface area contributed by atoms with Crippen LogP contribution in [-0.4, -0.2) is 95.1 Å². The summed E-state index contributed by atoms with van der Waals surface area (Å²) < 4.78 is 76.9. The van der Waals surface area contributed by atoms with E-state index in [-0.39, 0.29) is 31.4 Å². The van der Waals surface area contributed by atoms with Gasteiger partial charge in [-0.15, -0.1) is 0 Å². The third-order valence-electron chi connectivity index (χ3n) is 6.98. The number of methoxy groups -OCH3 is 1. The molecule has 8 nitrogen and oxygen atoms in total. The summed E-state index contributed by atoms with van der Waals surface area (Å²) in [5.74, 6) is 0.364. The number of hydrogen-bond acceptors (Lipinski definition) is 6. The Kier molecular flexibility index (Phi) is 10.0. The Morgan fingerprint density at radius 2 is 1.81 bits per heavy atom. The van der Waals surface area contributed by atoms with Crippen LogP contribution in [0.1, 0.15) is 37.7 Å². The first-order valence-corrected chi connectivity index (χ1v) is 13.8. The molecule has 0 bridgehead atoms. The topological polar surface area (TPSA) is 79.4 Å². The smallest absolute Gasteiger partial charge is 0.417 e. The number of carbonyl (C=O) groups is 1. The highest BCUT2D eigenvalue weighted by atomic mass is 32.2. The van der Waals surface area contributed by atoms with Crippen molar-refractivity contribution in [3.05, 3.63) is 23.8 Å². The average molecular weight is 536 g/mol. The van der Waals surface area contributed by atoms with Crippen molar-refractivity contribution in [2.24, 2.45) is 5.92 Å². The molecule has 0 spiro atoms. The second-order valence-corrected chi connectivity index (χ2v) is 11.4. The molecule has 1 aromatic carbocycles. The van der Waals surface area contributed by atoms with Crippen LogP contribution >= 0.6 is 0 Å². The van der Waals surface area contributed by atoms with Gasteiger partial charge in [0.25, 0.3) is 0 Å². The van der Waals surface area contributed by atoms with Crippen molar-refractivity contribution in [2.75, 3.05) is 66.6 Å². The number of sulfonamides is 1. The highest BCUT2D eigenvalue weighted by Gasteiger charge is 2.39. The predicted octanol–water partition coefficient (Wildman–Crippen LogP) is 3.08. The number of likely N-dealkylation sites (tertiary alicyclic amines) is 2. The fourth-order valence-corrected chi connectivity index (χ4v) is 6.00. The zero-order chi connectivity index (χ0) is 26.3. The molecule has 2 heterocycles. The summed E-state index contributed by atoms with van der Waals surface area (Å²) in [6, 6.07) is 2.71. The van der Waals surface area contributed by atoms with Gasteiger partial charge in [0.15, 0.2) is 0 Å². The van der Waals surface area contributed by atoms with Gasteiger partial charge in [-0.25, -0.2) is 8.42 Å². The summed E-state index contributed by atoms with van der Waals surface area (Å²) in [6.07, 6.45) is 0.773. The van der Waals surface area contributed by atoms with E-state index < -0.39 is 26.7 Å². The molecule has 3 rings (SSSR count). The molecule has 204 valence electrons. The highest BCUT2D eigenvalue weighted by molar-refractivity contribution is 7.89. The third kappa shape index (κ3) is 7.56. The van der Waals surface area contributed by atoms with E-state index in [9.17, 15) is 26.4 Å². The minimum Gasteiger partial charge on any atom is -0.497 e. The molecule has 1 aromatic rings. The van der Waals surface area contributed by atoms with Crippen LogP contribution in [0.15, 0.2) is 23.1 Å². The van der Waals surface area contributed by atoms with Gasteiger partial charge >= 0.3 is 6.18 Å². The van der Waals surface area contributed by atoms with Crippen molar-refractivity contribution in [1.82, 2.24) is 14.1 Å². The van der Waals surface area contributed by atoms with Crippen LogP contribution in [0.4, 0.5) is 13.2 Å². The second-order valence-electron chi connectivity index (χ2n) is 9.40. The van der Waals surface area contributed by atoms with Gasteiger partial charge in [-0.2, -0.15) is 17.5 Å². The maximum Gasteiger partial charge on any atom is 0.417 e. The maximum absolute atomic E-state index is 13.5. The van der Waals surface area contributed by atoms with Crippen molar-refractivity contribution < 1.29 is 35.9 Å². The first kappa shape index (κ1) is 28.7.